The standard InChI is InChI=1S/C22H23ClN4O5S/c23-18-5-2-1-4-17(18)22-24-21(32-25-22)15-26-8-10-27(11-9-26)33(28,29)16-6-7-19-20(14-16)31-13-3-12-30-19/h1-2,4-7,14H,3,8-13,15H2. The van der Waals surface area contributed by atoms with Crippen LogP contribution in [0.1, 0.15) is 12.3 Å². The minimum absolute atomic E-state index is 0.210. The van der Waals surface area contributed by atoms with Crippen LogP contribution in [0, 0.1) is 0 Å². The summed E-state index contributed by atoms with van der Waals surface area (Å²) in [7, 11) is -3.64. The van der Waals surface area contributed by atoms with Gasteiger partial charge < -0.3 is 14.0 Å². The van der Waals surface area contributed by atoms with E-state index in [-0.39, 0.29) is 4.90 Å². The number of ether oxygens (including phenoxy) is 2. The molecule has 0 aliphatic carbocycles. The first-order valence-electron chi connectivity index (χ1n) is 10.7. The van der Waals surface area contributed by atoms with E-state index in [0.717, 1.165) is 6.42 Å². The van der Waals surface area contributed by atoms with Crippen LogP contribution in [0.5, 0.6) is 11.5 Å². The van der Waals surface area contributed by atoms with Crippen LogP contribution in [0.3, 0.4) is 0 Å². The molecule has 2 aromatic carbocycles. The van der Waals surface area contributed by atoms with Gasteiger partial charge in [0.2, 0.25) is 21.7 Å². The third kappa shape index (κ3) is 4.70. The van der Waals surface area contributed by atoms with Crippen molar-refractivity contribution < 1.29 is 22.4 Å². The zero-order valence-electron chi connectivity index (χ0n) is 17.8. The number of hydrogen-bond acceptors (Lipinski definition) is 8. The summed E-state index contributed by atoms with van der Waals surface area (Å²) in [5, 5.41) is 4.58. The van der Waals surface area contributed by atoms with Crippen LogP contribution in [-0.4, -0.2) is 67.2 Å². The lowest BCUT2D eigenvalue weighted by Gasteiger charge is -2.33. The zero-order valence-corrected chi connectivity index (χ0v) is 19.4. The van der Waals surface area contributed by atoms with Crippen LogP contribution in [0.4, 0.5) is 0 Å². The van der Waals surface area contributed by atoms with Crippen LogP contribution in [0.25, 0.3) is 11.4 Å². The van der Waals surface area contributed by atoms with Crippen LogP contribution in [-0.2, 0) is 16.6 Å². The minimum Gasteiger partial charge on any atom is -0.490 e. The summed E-state index contributed by atoms with van der Waals surface area (Å²) in [4.78, 5) is 6.73. The van der Waals surface area contributed by atoms with Gasteiger partial charge in [-0.15, -0.1) is 0 Å². The maximum Gasteiger partial charge on any atom is 0.243 e. The van der Waals surface area contributed by atoms with Gasteiger partial charge in [0.15, 0.2) is 11.5 Å². The van der Waals surface area contributed by atoms with Crippen molar-refractivity contribution in [2.24, 2.45) is 0 Å². The lowest BCUT2D eigenvalue weighted by Crippen LogP contribution is -2.48. The Morgan fingerprint density at radius 2 is 1.73 bits per heavy atom. The van der Waals surface area contributed by atoms with Gasteiger partial charge in [0.25, 0.3) is 0 Å². The maximum absolute atomic E-state index is 13.2. The number of aromatic nitrogens is 2. The van der Waals surface area contributed by atoms with Gasteiger partial charge in [-0.05, 0) is 24.3 Å². The van der Waals surface area contributed by atoms with Crippen LogP contribution in [0.15, 0.2) is 51.9 Å². The lowest BCUT2D eigenvalue weighted by atomic mass is 10.2. The van der Waals surface area contributed by atoms with Crippen molar-refractivity contribution in [1.82, 2.24) is 19.3 Å². The average Bonchev–Trinajstić information content (AvgIpc) is 3.15. The molecule has 11 heteroatoms. The minimum atomic E-state index is -3.64. The summed E-state index contributed by atoms with van der Waals surface area (Å²) in [6.07, 6.45) is 0.763. The Labute approximate surface area is 196 Å². The number of hydrogen-bond donors (Lipinski definition) is 0. The first-order valence-corrected chi connectivity index (χ1v) is 12.5. The fraction of sp³-hybridized carbons (Fsp3) is 0.364. The molecular formula is C22H23ClN4O5S. The van der Waals surface area contributed by atoms with Crippen LogP contribution >= 0.6 is 11.6 Å². The van der Waals surface area contributed by atoms with E-state index in [0.29, 0.717) is 79.7 Å². The van der Waals surface area contributed by atoms with Crippen molar-refractivity contribution in [2.75, 3.05) is 39.4 Å². The summed E-state index contributed by atoms with van der Waals surface area (Å²) in [6.45, 7) is 3.32. The lowest BCUT2D eigenvalue weighted by molar-refractivity contribution is 0.163. The normalized spacial score (nSPS) is 17.6. The Morgan fingerprint density at radius 1 is 0.970 bits per heavy atom. The summed E-state index contributed by atoms with van der Waals surface area (Å²) in [5.41, 5.74) is 0.709. The highest BCUT2D eigenvalue weighted by atomic mass is 35.5. The molecule has 0 amide bonds. The maximum atomic E-state index is 13.2. The molecule has 9 nitrogen and oxygen atoms in total. The highest BCUT2D eigenvalue weighted by molar-refractivity contribution is 7.89. The Balaban J connectivity index is 1.22. The molecule has 0 unspecified atom stereocenters. The molecular weight excluding hydrogens is 468 g/mol. The van der Waals surface area contributed by atoms with Gasteiger partial charge in [-0.2, -0.15) is 9.29 Å². The van der Waals surface area contributed by atoms with E-state index in [1.807, 2.05) is 18.2 Å². The third-order valence-electron chi connectivity index (χ3n) is 5.63. The Kier molecular flexibility index (Phi) is 6.24. The van der Waals surface area contributed by atoms with Crippen molar-refractivity contribution in [2.45, 2.75) is 17.9 Å². The van der Waals surface area contributed by atoms with E-state index < -0.39 is 10.0 Å². The summed E-state index contributed by atoms with van der Waals surface area (Å²) >= 11 is 6.21. The second-order valence-corrected chi connectivity index (χ2v) is 10.2. The van der Waals surface area contributed by atoms with Crippen LogP contribution in [0.2, 0.25) is 5.02 Å². The molecule has 3 heterocycles. The van der Waals surface area contributed by atoms with Gasteiger partial charge >= 0.3 is 0 Å². The number of fused-ring (bicyclic) bond motifs is 1. The predicted molar refractivity (Wildman–Crippen MR) is 121 cm³/mol. The van der Waals surface area contributed by atoms with Crippen molar-refractivity contribution in [1.29, 1.82) is 0 Å². The number of rotatable bonds is 5. The topological polar surface area (TPSA) is 98.0 Å². The quantitative estimate of drug-likeness (QED) is 0.538. The smallest absolute Gasteiger partial charge is 0.243 e. The fourth-order valence-corrected chi connectivity index (χ4v) is 5.50. The number of halogens is 1. The van der Waals surface area contributed by atoms with Crippen molar-refractivity contribution in [3.63, 3.8) is 0 Å². The highest BCUT2D eigenvalue weighted by Crippen LogP contribution is 2.33. The first kappa shape index (κ1) is 22.1. The van der Waals surface area contributed by atoms with Crippen molar-refractivity contribution in [3.8, 4) is 22.9 Å². The number of sulfonamides is 1. The average molecular weight is 491 g/mol. The summed E-state index contributed by atoms with van der Waals surface area (Å²) in [6, 6.07) is 12.1. The highest BCUT2D eigenvalue weighted by Gasteiger charge is 2.30. The van der Waals surface area contributed by atoms with Crippen LogP contribution < -0.4 is 9.47 Å². The molecule has 0 N–H and O–H groups in total. The predicted octanol–water partition coefficient (Wildman–Crippen LogP) is 3.06. The second-order valence-electron chi connectivity index (χ2n) is 7.83. The molecule has 2 aliphatic rings. The zero-order chi connectivity index (χ0) is 22.8. The second kappa shape index (κ2) is 9.30. The van der Waals surface area contributed by atoms with E-state index in [1.54, 1.807) is 24.3 Å². The summed E-state index contributed by atoms with van der Waals surface area (Å²) < 4.78 is 44.5. The van der Waals surface area contributed by atoms with E-state index in [9.17, 15) is 8.42 Å². The molecule has 33 heavy (non-hydrogen) atoms. The summed E-state index contributed by atoms with van der Waals surface area (Å²) in [5.74, 6) is 1.94. The largest absolute Gasteiger partial charge is 0.490 e. The molecule has 1 fully saturated rings. The van der Waals surface area contributed by atoms with Gasteiger partial charge in [-0.3, -0.25) is 4.90 Å². The molecule has 0 bridgehead atoms. The van der Waals surface area contributed by atoms with Crippen molar-refractivity contribution in [3.05, 3.63) is 53.4 Å². The van der Waals surface area contributed by atoms with Gasteiger partial charge in [-0.25, -0.2) is 8.42 Å². The molecule has 0 atom stereocenters. The molecule has 0 radical (unpaired) electrons. The monoisotopic (exact) mass is 490 g/mol. The fourth-order valence-electron chi connectivity index (χ4n) is 3.84. The SMILES string of the molecule is O=S(=O)(c1ccc2c(c1)OCCCO2)N1CCN(Cc2nc(-c3ccccc3Cl)no2)CC1. The first-order chi connectivity index (χ1) is 16.0. The molecule has 1 aromatic heterocycles. The van der Waals surface area contributed by atoms with E-state index >= 15 is 0 Å². The Bertz CT molecular complexity index is 1240. The molecule has 5 rings (SSSR count). The Hall–Kier alpha value is -2.66. The van der Waals surface area contributed by atoms with Gasteiger partial charge in [0, 0.05) is 44.2 Å². The van der Waals surface area contributed by atoms with E-state index in [4.69, 9.17) is 25.6 Å². The molecule has 3 aromatic rings. The molecule has 2 aliphatic heterocycles. The Morgan fingerprint density at radius 3 is 2.52 bits per heavy atom. The molecule has 1 saturated heterocycles. The molecule has 174 valence electrons. The van der Waals surface area contributed by atoms with Crippen molar-refractivity contribution >= 4 is 21.6 Å². The molecule has 0 spiro atoms. The number of benzene rings is 2. The van der Waals surface area contributed by atoms with E-state index in [1.165, 1.54) is 4.31 Å². The molecule has 0 saturated carbocycles. The van der Waals surface area contributed by atoms with E-state index in [2.05, 4.69) is 15.0 Å². The van der Waals surface area contributed by atoms with Gasteiger partial charge in [0.1, 0.15) is 0 Å². The number of piperazine rings is 1. The third-order valence-corrected chi connectivity index (χ3v) is 7.85. The van der Waals surface area contributed by atoms with Gasteiger partial charge in [-0.1, -0.05) is 28.9 Å². The van der Waals surface area contributed by atoms with Gasteiger partial charge in [0.05, 0.1) is 29.7 Å². The number of nitrogens with zero attached hydrogens (tertiary/aromatic N) is 4.